The minimum Gasteiger partial charge on any atom is -0.507 e. The van der Waals surface area contributed by atoms with Gasteiger partial charge in [0.25, 0.3) is 5.69 Å². The third-order valence-electron chi connectivity index (χ3n) is 2.55. The van der Waals surface area contributed by atoms with Crippen LogP contribution in [0, 0.1) is 10.1 Å². The lowest BCUT2D eigenvalue weighted by molar-refractivity contribution is -0.384. The Bertz CT molecular complexity index is 711. The van der Waals surface area contributed by atoms with Crippen molar-refractivity contribution >= 4 is 23.3 Å². The average Bonchev–Trinajstić information content (AvgIpc) is 2.48. The van der Waals surface area contributed by atoms with E-state index in [9.17, 15) is 15.2 Å². The predicted octanol–water partition coefficient (Wildman–Crippen LogP) is 3.52. The molecule has 0 saturated carbocycles. The third kappa shape index (κ3) is 3.60. The van der Waals surface area contributed by atoms with E-state index in [-0.39, 0.29) is 17.0 Å². The molecule has 0 saturated heterocycles. The van der Waals surface area contributed by atoms with Crippen molar-refractivity contribution < 1.29 is 15.2 Å². The number of azo groups is 1. The summed E-state index contributed by atoms with van der Waals surface area (Å²) in [5.74, 6) is -0.0536. The Kier molecular flexibility index (Phi) is 4.20. The molecule has 0 unspecified atom stereocenters. The molecule has 2 aromatic carbocycles. The fourth-order valence-electron chi connectivity index (χ4n) is 1.53. The lowest BCUT2D eigenvalue weighted by Gasteiger charge is -1.99. The first-order valence-electron chi connectivity index (χ1n) is 5.77. The molecule has 0 aliphatic rings. The molecule has 8 heteroatoms. The number of non-ortho nitro benzene ring substituents is 1. The number of nitrogens with zero attached hydrogens (tertiary/aromatic N) is 4. The Morgan fingerprint density at radius 2 is 1.67 bits per heavy atom. The normalized spacial score (nSPS) is 11.2. The molecule has 0 radical (unpaired) electrons. The Labute approximate surface area is 118 Å². The van der Waals surface area contributed by atoms with E-state index >= 15 is 0 Å². The number of oxime groups is 1. The number of phenolic OH excluding ortho intramolecular Hbond substituents is 1. The molecule has 0 aliphatic heterocycles. The maximum atomic E-state index is 10.5. The summed E-state index contributed by atoms with van der Waals surface area (Å²) in [5, 5.41) is 39.2. The van der Waals surface area contributed by atoms with Crippen molar-refractivity contribution in [2.24, 2.45) is 15.4 Å². The number of aromatic hydroxyl groups is 1. The highest BCUT2D eigenvalue weighted by Crippen LogP contribution is 2.24. The smallest absolute Gasteiger partial charge is 0.269 e. The first kappa shape index (κ1) is 14.1. The average molecular weight is 286 g/mol. The zero-order chi connectivity index (χ0) is 15.2. The van der Waals surface area contributed by atoms with Gasteiger partial charge < -0.3 is 10.3 Å². The van der Waals surface area contributed by atoms with Gasteiger partial charge in [-0.25, -0.2) is 0 Å². The first-order valence-corrected chi connectivity index (χ1v) is 5.77. The summed E-state index contributed by atoms with van der Waals surface area (Å²) in [6, 6.07) is 9.99. The van der Waals surface area contributed by atoms with Gasteiger partial charge in [0.1, 0.15) is 5.75 Å². The van der Waals surface area contributed by atoms with Gasteiger partial charge in [0, 0.05) is 17.7 Å². The van der Waals surface area contributed by atoms with Crippen molar-refractivity contribution in [1.82, 2.24) is 0 Å². The molecule has 0 bridgehead atoms. The van der Waals surface area contributed by atoms with Crippen LogP contribution in [0.1, 0.15) is 5.56 Å². The van der Waals surface area contributed by atoms with Crippen molar-refractivity contribution in [1.29, 1.82) is 0 Å². The van der Waals surface area contributed by atoms with E-state index in [4.69, 9.17) is 5.21 Å². The molecular formula is C13H10N4O4. The molecule has 0 aliphatic carbocycles. The second kappa shape index (κ2) is 6.24. The third-order valence-corrected chi connectivity index (χ3v) is 2.55. The molecule has 0 fully saturated rings. The number of nitro groups is 1. The van der Waals surface area contributed by atoms with Crippen LogP contribution in [0.15, 0.2) is 57.8 Å². The van der Waals surface area contributed by atoms with Crippen molar-refractivity contribution in [3.05, 3.63) is 58.1 Å². The number of benzene rings is 2. The van der Waals surface area contributed by atoms with E-state index in [1.165, 1.54) is 42.5 Å². The lowest BCUT2D eigenvalue weighted by atomic mass is 10.2. The highest BCUT2D eigenvalue weighted by Gasteiger charge is 2.03. The zero-order valence-corrected chi connectivity index (χ0v) is 10.6. The van der Waals surface area contributed by atoms with E-state index in [2.05, 4.69) is 15.4 Å². The number of nitro benzene ring substituents is 1. The SMILES string of the molecule is O=[N+]([O-])c1ccc(N=Nc2ccc(O)c(/C=N/O)c2)cc1. The fraction of sp³-hybridized carbons (Fsp3) is 0. The van der Waals surface area contributed by atoms with Crippen LogP contribution in [0.25, 0.3) is 0 Å². The molecule has 0 aromatic heterocycles. The lowest BCUT2D eigenvalue weighted by Crippen LogP contribution is -1.85. The van der Waals surface area contributed by atoms with Crippen molar-refractivity contribution in [3.8, 4) is 5.75 Å². The highest BCUT2D eigenvalue weighted by atomic mass is 16.6. The van der Waals surface area contributed by atoms with Crippen LogP contribution in [-0.4, -0.2) is 21.5 Å². The summed E-state index contributed by atoms with van der Waals surface area (Å²) in [4.78, 5) is 10.0. The van der Waals surface area contributed by atoms with Crippen LogP contribution in [0.5, 0.6) is 5.75 Å². The number of hydrogen-bond acceptors (Lipinski definition) is 7. The monoisotopic (exact) mass is 286 g/mol. The topological polar surface area (TPSA) is 121 Å². The van der Waals surface area contributed by atoms with Crippen molar-refractivity contribution in [2.75, 3.05) is 0 Å². The van der Waals surface area contributed by atoms with Gasteiger partial charge in [-0.1, -0.05) is 5.16 Å². The van der Waals surface area contributed by atoms with Gasteiger partial charge in [-0.15, -0.1) is 0 Å². The molecule has 8 nitrogen and oxygen atoms in total. The standard InChI is InChI=1S/C13H10N4O4/c18-13-6-3-11(7-9(13)8-14-19)16-15-10-1-4-12(5-2-10)17(20)21/h1-8,18-19H/b14-8+,16-15?. The van der Waals surface area contributed by atoms with Gasteiger partial charge in [-0.3, -0.25) is 10.1 Å². The van der Waals surface area contributed by atoms with Crippen molar-refractivity contribution in [3.63, 3.8) is 0 Å². The second-order valence-corrected chi connectivity index (χ2v) is 3.96. The summed E-state index contributed by atoms with van der Waals surface area (Å²) in [6.07, 6.45) is 1.07. The van der Waals surface area contributed by atoms with Gasteiger partial charge in [0.05, 0.1) is 22.5 Å². The molecule has 0 heterocycles. The molecule has 0 spiro atoms. The molecule has 0 amide bonds. The maximum Gasteiger partial charge on any atom is 0.269 e. The van der Waals surface area contributed by atoms with E-state index in [0.717, 1.165) is 6.21 Å². The van der Waals surface area contributed by atoms with Crippen LogP contribution in [-0.2, 0) is 0 Å². The molecule has 2 aromatic rings. The fourth-order valence-corrected chi connectivity index (χ4v) is 1.53. The van der Waals surface area contributed by atoms with Crippen LogP contribution < -0.4 is 0 Å². The minimum absolute atomic E-state index is 0.0278. The van der Waals surface area contributed by atoms with Gasteiger partial charge in [-0.2, -0.15) is 10.2 Å². The quantitative estimate of drug-likeness (QED) is 0.293. The van der Waals surface area contributed by atoms with Gasteiger partial charge in [0.2, 0.25) is 0 Å². The summed E-state index contributed by atoms with van der Waals surface area (Å²) in [5.41, 5.74) is 1.14. The number of rotatable bonds is 4. The molecular weight excluding hydrogens is 276 g/mol. The first-order chi connectivity index (χ1) is 10.1. The number of hydrogen-bond donors (Lipinski definition) is 2. The highest BCUT2D eigenvalue weighted by molar-refractivity contribution is 5.84. The largest absolute Gasteiger partial charge is 0.507 e. The van der Waals surface area contributed by atoms with E-state index < -0.39 is 4.92 Å². The van der Waals surface area contributed by atoms with E-state index in [1.807, 2.05) is 0 Å². The van der Waals surface area contributed by atoms with Gasteiger partial charge in [-0.05, 0) is 30.3 Å². The molecule has 2 N–H and O–H groups in total. The number of phenols is 1. The Morgan fingerprint density at radius 3 is 2.29 bits per heavy atom. The molecule has 21 heavy (non-hydrogen) atoms. The zero-order valence-electron chi connectivity index (χ0n) is 10.6. The molecule has 0 atom stereocenters. The van der Waals surface area contributed by atoms with Crippen LogP contribution in [0.2, 0.25) is 0 Å². The van der Waals surface area contributed by atoms with Crippen LogP contribution >= 0.6 is 0 Å². The summed E-state index contributed by atoms with van der Waals surface area (Å²) in [6.45, 7) is 0. The van der Waals surface area contributed by atoms with Crippen LogP contribution in [0.4, 0.5) is 17.1 Å². The van der Waals surface area contributed by atoms with Gasteiger partial charge >= 0.3 is 0 Å². The molecule has 106 valence electrons. The summed E-state index contributed by atoms with van der Waals surface area (Å²) in [7, 11) is 0. The Hall–Kier alpha value is -3.29. The maximum absolute atomic E-state index is 10.5. The minimum atomic E-state index is -0.499. The predicted molar refractivity (Wildman–Crippen MR) is 74.8 cm³/mol. The Morgan fingerprint density at radius 1 is 1.05 bits per heavy atom. The van der Waals surface area contributed by atoms with Crippen LogP contribution in [0.3, 0.4) is 0 Å². The molecule has 2 rings (SSSR count). The van der Waals surface area contributed by atoms with Crippen molar-refractivity contribution in [2.45, 2.75) is 0 Å². The van der Waals surface area contributed by atoms with Gasteiger partial charge in [0.15, 0.2) is 0 Å². The Balaban J connectivity index is 2.21. The summed E-state index contributed by atoms with van der Waals surface area (Å²) >= 11 is 0. The summed E-state index contributed by atoms with van der Waals surface area (Å²) < 4.78 is 0. The second-order valence-electron chi connectivity index (χ2n) is 3.96. The van der Waals surface area contributed by atoms with E-state index in [0.29, 0.717) is 11.4 Å². The van der Waals surface area contributed by atoms with E-state index in [1.54, 1.807) is 0 Å².